The molecule has 0 unspecified atom stereocenters. The van der Waals surface area contributed by atoms with Crippen LogP contribution in [0.15, 0.2) is 45.8 Å². The summed E-state index contributed by atoms with van der Waals surface area (Å²) in [5.74, 6) is 0.0385. The molecule has 7 nitrogen and oxygen atoms in total. The molecule has 1 heterocycles. The van der Waals surface area contributed by atoms with Crippen LogP contribution in [0, 0.1) is 6.92 Å². The van der Waals surface area contributed by atoms with Crippen molar-refractivity contribution in [3.63, 3.8) is 0 Å². The topological polar surface area (TPSA) is 84.9 Å². The van der Waals surface area contributed by atoms with E-state index in [1.807, 2.05) is 19.1 Å². The van der Waals surface area contributed by atoms with E-state index in [2.05, 4.69) is 21.2 Å². The lowest BCUT2D eigenvalue weighted by Crippen LogP contribution is -2.36. The second-order valence-electron chi connectivity index (χ2n) is 6.42. The molecule has 1 aliphatic rings. The van der Waals surface area contributed by atoms with E-state index in [1.54, 1.807) is 30.3 Å². The molecule has 30 heavy (non-hydrogen) atoms. The van der Waals surface area contributed by atoms with Crippen molar-refractivity contribution in [1.29, 1.82) is 0 Å². The Hall–Kier alpha value is -2.78. The number of hydrogen-bond acceptors (Lipinski definition) is 6. The van der Waals surface area contributed by atoms with Crippen molar-refractivity contribution in [2.75, 3.05) is 26.1 Å². The number of thioether (sulfide) groups is 1. The molecule has 0 spiro atoms. The minimum atomic E-state index is -0.519. The fourth-order valence-electron chi connectivity index (χ4n) is 2.79. The number of halogens is 1. The van der Waals surface area contributed by atoms with Crippen LogP contribution in [-0.4, -0.2) is 42.7 Å². The van der Waals surface area contributed by atoms with Gasteiger partial charge in [-0.25, -0.2) is 0 Å². The number of nitrogens with one attached hydrogen (secondary N) is 1. The number of hydrogen-bond donors (Lipinski definition) is 1. The van der Waals surface area contributed by atoms with Crippen LogP contribution in [0.4, 0.5) is 10.5 Å². The third-order valence-corrected chi connectivity index (χ3v) is 5.76. The monoisotopic (exact) mass is 490 g/mol. The SMILES string of the molecule is COc1cc(/C=C2/SC(=O)N(CC(=O)Nc3ccc(C)cc3)C2=O)cc(Br)c1OC. The van der Waals surface area contributed by atoms with Crippen LogP contribution in [0.3, 0.4) is 0 Å². The standard InChI is InChI=1S/C21H19BrN2O5S/c1-12-4-6-14(7-5-12)23-18(25)11-24-20(26)17(30-21(24)27)10-13-8-15(22)19(29-3)16(9-13)28-2/h4-10H,11H2,1-3H3,(H,23,25)/b17-10+. The molecular formula is C21H19BrN2O5S. The summed E-state index contributed by atoms with van der Waals surface area (Å²) in [6.45, 7) is 1.58. The normalized spacial score (nSPS) is 14.9. The predicted molar refractivity (Wildman–Crippen MR) is 120 cm³/mol. The molecule has 1 saturated heterocycles. The number of aryl methyl sites for hydroxylation is 1. The van der Waals surface area contributed by atoms with Crippen LogP contribution in [0.5, 0.6) is 11.5 Å². The van der Waals surface area contributed by atoms with Gasteiger partial charge in [-0.15, -0.1) is 0 Å². The van der Waals surface area contributed by atoms with Crippen molar-refractivity contribution in [2.24, 2.45) is 0 Å². The number of carbonyl (C=O) groups excluding carboxylic acids is 3. The smallest absolute Gasteiger partial charge is 0.294 e. The van der Waals surface area contributed by atoms with E-state index in [-0.39, 0.29) is 11.4 Å². The first-order chi connectivity index (χ1) is 14.3. The highest BCUT2D eigenvalue weighted by molar-refractivity contribution is 9.10. The molecule has 1 fully saturated rings. The largest absolute Gasteiger partial charge is 0.493 e. The summed E-state index contributed by atoms with van der Waals surface area (Å²) in [5, 5.41) is 2.19. The number of imide groups is 1. The van der Waals surface area contributed by atoms with Gasteiger partial charge >= 0.3 is 0 Å². The van der Waals surface area contributed by atoms with Crippen LogP contribution in [-0.2, 0) is 9.59 Å². The Bertz CT molecular complexity index is 1040. The summed E-state index contributed by atoms with van der Waals surface area (Å²) in [5.41, 5.74) is 2.31. The average Bonchev–Trinajstić information content (AvgIpc) is 2.96. The molecule has 156 valence electrons. The molecule has 1 aliphatic heterocycles. The lowest BCUT2D eigenvalue weighted by molar-refractivity contribution is -0.127. The molecule has 1 N–H and O–H groups in total. The van der Waals surface area contributed by atoms with Gasteiger partial charge in [-0.3, -0.25) is 19.3 Å². The second-order valence-corrected chi connectivity index (χ2v) is 8.27. The molecule has 0 aromatic heterocycles. The van der Waals surface area contributed by atoms with E-state index in [9.17, 15) is 14.4 Å². The zero-order chi connectivity index (χ0) is 21.8. The highest BCUT2D eigenvalue weighted by atomic mass is 79.9. The van der Waals surface area contributed by atoms with Crippen LogP contribution < -0.4 is 14.8 Å². The molecule has 2 aromatic carbocycles. The molecule has 0 radical (unpaired) electrons. The van der Waals surface area contributed by atoms with Crippen LogP contribution in [0.25, 0.3) is 6.08 Å². The Morgan fingerprint density at radius 1 is 1.17 bits per heavy atom. The van der Waals surface area contributed by atoms with Crippen molar-refractivity contribution in [1.82, 2.24) is 4.90 Å². The highest BCUT2D eigenvalue weighted by Gasteiger charge is 2.36. The molecule has 9 heteroatoms. The number of benzene rings is 2. The summed E-state index contributed by atoms with van der Waals surface area (Å²) >= 11 is 4.19. The Morgan fingerprint density at radius 2 is 1.87 bits per heavy atom. The Kier molecular flexibility index (Phi) is 6.84. The van der Waals surface area contributed by atoms with E-state index >= 15 is 0 Å². The van der Waals surface area contributed by atoms with Crippen LogP contribution >= 0.6 is 27.7 Å². The van der Waals surface area contributed by atoms with Crippen molar-refractivity contribution < 1.29 is 23.9 Å². The zero-order valence-electron chi connectivity index (χ0n) is 16.5. The first-order valence-corrected chi connectivity index (χ1v) is 10.5. The van der Waals surface area contributed by atoms with Gasteiger partial charge in [-0.05, 0) is 70.5 Å². The Balaban J connectivity index is 1.75. The first kappa shape index (κ1) is 21.9. The van der Waals surface area contributed by atoms with Crippen molar-refractivity contribution in [3.05, 3.63) is 56.9 Å². The average molecular weight is 491 g/mol. The number of methoxy groups -OCH3 is 2. The van der Waals surface area contributed by atoms with Gasteiger partial charge in [0.05, 0.1) is 23.6 Å². The molecule has 0 atom stereocenters. The zero-order valence-corrected chi connectivity index (χ0v) is 18.9. The Labute approximate surface area is 186 Å². The third-order valence-electron chi connectivity index (χ3n) is 4.26. The minimum Gasteiger partial charge on any atom is -0.493 e. The van der Waals surface area contributed by atoms with Gasteiger partial charge in [0.25, 0.3) is 11.1 Å². The van der Waals surface area contributed by atoms with E-state index in [4.69, 9.17) is 9.47 Å². The number of nitrogens with zero attached hydrogens (tertiary/aromatic N) is 1. The molecule has 0 aliphatic carbocycles. The fraction of sp³-hybridized carbons (Fsp3) is 0.190. The molecule has 3 rings (SSSR count). The first-order valence-electron chi connectivity index (χ1n) is 8.85. The molecule has 0 bridgehead atoms. The second kappa shape index (κ2) is 9.36. The molecule has 3 amide bonds. The van der Waals surface area contributed by atoms with Gasteiger partial charge in [0.1, 0.15) is 6.54 Å². The third kappa shape index (κ3) is 4.85. The molecule has 0 saturated carbocycles. The quantitative estimate of drug-likeness (QED) is 0.602. The summed E-state index contributed by atoms with van der Waals surface area (Å²) in [6, 6.07) is 10.7. The van der Waals surface area contributed by atoms with E-state index in [0.717, 1.165) is 22.2 Å². The van der Waals surface area contributed by atoms with E-state index in [0.29, 0.717) is 27.2 Å². The van der Waals surface area contributed by atoms with Gasteiger partial charge in [0.15, 0.2) is 11.5 Å². The highest BCUT2D eigenvalue weighted by Crippen LogP contribution is 2.38. The maximum atomic E-state index is 12.7. The maximum absolute atomic E-state index is 12.7. The summed E-state index contributed by atoms with van der Waals surface area (Å²) < 4.78 is 11.2. The van der Waals surface area contributed by atoms with Gasteiger partial charge in [-0.2, -0.15) is 0 Å². The summed E-state index contributed by atoms with van der Waals surface area (Å²) in [4.78, 5) is 38.4. The van der Waals surface area contributed by atoms with E-state index in [1.165, 1.54) is 14.2 Å². The molecular weight excluding hydrogens is 472 g/mol. The van der Waals surface area contributed by atoms with Gasteiger partial charge in [0, 0.05) is 5.69 Å². The van der Waals surface area contributed by atoms with Gasteiger partial charge in [-0.1, -0.05) is 17.7 Å². The fourth-order valence-corrected chi connectivity index (χ4v) is 4.25. The minimum absolute atomic E-state index is 0.224. The predicted octanol–water partition coefficient (Wildman–Crippen LogP) is 4.45. The number of rotatable bonds is 6. The molecule has 2 aromatic rings. The number of ether oxygens (including phenoxy) is 2. The van der Waals surface area contributed by atoms with Crippen LogP contribution in [0.1, 0.15) is 11.1 Å². The van der Waals surface area contributed by atoms with Crippen molar-refractivity contribution in [2.45, 2.75) is 6.92 Å². The van der Waals surface area contributed by atoms with E-state index < -0.39 is 17.1 Å². The number of amides is 3. The Morgan fingerprint density at radius 3 is 2.50 bits per heavy atom. The summed E-state index contributed by atoms with van der Waals surface area (Å²) in [7, 11) is 3.03. The van der Waals surface area contributed by atoms with Gasteiger partial charge in [0.2, 0.25) is 5.91 Å². The van der Waals surface area contributed by atoms with Crippen molar-refractivity contribution in [3.8, 4) is 11.5 Å². The van der Waals surface area contributed by atoms with Crippen LogP contribution in [0.2, 0.25) is 0 Å². The van der Waals surface area contributed by atoms with Gasteiger partial charge < -0.3 is 14.8 Å². The summed E-state index contributed by atoms with van der Waals surface area (Å²) in [6.07, 6.45) is 1.58. The maximum Gasteiger partial charge on any atom is 0.294 e. The lowest BCUT2D eigenvalue weighted by Gasteiger charge is -2.12. The lowest BCUT2D eigenvalue weighted by atomic mass is 10.2. The number of anilines is 1. The number of carbonyl (C=O) groups is 3. The van der Waals surface area contributed by atoms with Crippen molar-refractivity contribution >= 4 is 56.5 Å².